The highest BCUT2D eigenvalue weighted by molar-refractivity contribution is 6.17. The van der Waals surface area contributed by atoms with Crippen LogP contribution in [0.4, 0.5) is 11.6 Å². The molecule has 2 aliphatic rings. The summed E-state index contributed by atoms with van der Waals surface area (Å²) in [7, 11) is 1.64. The number of nitrogens with one attached hydrogen (secondary N) is 3. The molecular formula is C16H17N5O2. The Bertz CT molecular complexity index is 765. The standard InChI is InChI=1S/C16H17N5O2/c1-22-11-4-2-10(3-5-11)21-13(17)12-6-9-23-16(12)20-15(21)14-18-7-8-19-14/h2-6,9,15,17,20H,7-8H2,1H3,(H,18,19). The maximum atomic E-state index is 8.59. The molecule has 0 amide bonds. The number of benzene rings is 1. The summed E-state index contributed by atoms with van der Waals surface area (Å²) in [5.74, 6) is 2.56. The van der Waals surface area contributed by atoms with Crippen molar-refractivity contribution < 1.29 is 9.15 Å². The van der Waals surface area contributed by atoms with Crippen LogP contribution in [0.15, 0.2) is 46.0 Å². The number of ether oxygens (including phenoxy) is 1. The summed E-state index contributed by atoms with van der Waals surface area (Å²) in [5.41, 5.74) is 1.62. The number of aliphatic imine (C=N–C) groups is 1. The van der Waals surface area contributed by atoms with Crippen molar-refractivity contribution in [1.82, 2.24) is 5.32 Å². The topological polar surface area (TPSA) is 85.9 Å². The van der Waals surface area contributed by atoms with Crippen molar-refractivity contribution in [3.8, 4) is 5.75 Å². The van der Waals surface area contributed by atoms with Crippen LogP contribution in [0.3, 0.4) is 0 Å². The molecule has 4 rings (SSSR count). The molecule has 0 saturated heterocycles. The van der Waals surface area contributed by atoms with Crippen LogP contribution in [0.25, 0.3) is 0 Å². The molecule has 1 atom stereocenters. The zero-order chi connectivity index (χ0) is 15.8. The summed E-state index contributed by atoms with van der Waals surface area (Å²) in [5, 5.41) is 15.2. The van der Waals surface area contributed by atoms with Crippen LogP contribution >= 0.6 is 0 Å². The molecule has 1 aromatic carbocycles. The molecule has 3 N–H and O–H groups in total. The fourth-order valence-electron chi connectivity index (χ4n) is 2.87. The number of furan rings is 1. The van der Waals surface area contributed by atoms with Gasteiger partial charge in [0.1, 0.15) is 17.4 Å². The second kappa shape index (κ2) is 5.35. The predicted octanol–water partition coefficient (Wildman–Crippen LogP) is 1.87. The van der Waals surface area contributed by atoms with Gasteiger partial charge in [-0.2, -0.15) is 0 Å². The highest BCUT2D eigenvalue weighted by Gasteiger charge is 2.36. The molecule has 1 unspecified atom stereocenters. The smallest absolute Gasteiger partial charge is 0.205 e. The third-order valence-corrected chi connectivity index (χ3v) is 4.00. The molecule has 0 saturated carbocycles. The van der Waals surface area contributed by atoms with Crippen molar-refractivity contribution in [2.24, 2.45) is 4.99 Å². The number of nitrogens with zero attached hydrogens (tertiary/aromatic N) is 2. The van der Waals surface area contributed by atoms with Gasteiger partial charge < -0.3 is 19.8 Å². The molecule has 2 aromatic rings. The Morgan fingerprint density at radius 3 is 2.83 bits per heavy atom. The lowest BCUT2D eigenvalue weighted by molar-refractivity contribution is 0.415. The van der Waals surface area contributed by atoms with Gasteiger partial charge in [-0.15, -0.1) is 0 Å². The molecule has 1 aromatic heterocycles. The quantitative estimate of drug-likeness (QED) is 0.806. The highest BCUT2D eigenvalue weighted by atomic mass is 16.5. The van der Waals surface area contributed by atoms with Crippen molar-refractivity contribution in [1.29, 1.82) is 5.41 Å². The van der Waals surface area contributed by atoms with Crippen LogP contribution in [0.1, 0.15) is 5.56 Å². The Morgan fingerprint density at radius 1 is 1.30 bits per heavy atom. The van der Waals surface area contributed by atoms with Crippen LogP contribution in [-0.4, -0.2) is 38.0 Å². The van der Waals surface area contributed by atoms with Crippen LogP contribution in [0.2, 0.25) is 0 Å². The van der Waals surface area contributed by atoms with E-state index in [0.717, 1.165) is 35.9 Å². The van der Waals surface area contributed by atoms with Gasteiger partial charge >= 0.3 is 0 Å². The first-order chi connectivity index (χ1) is 11.3. The van der Waals surface area contributed by atoms with Crippen LogP contribution < -0.4 is 20.3 Å². The normalized spacial score (nSPS) is 19.7. The Hall–Kier alpha value is -2.96. The Kier molecular flexibility index (Phi) is 3.18. The lowest BCUT2D eigenvalue weighted by atomic mass is 10.1. The lowest BCUT2D eigenvalue weighted by Gasteiger charge is -2.37. The van der Waals surface area contributed by atoms with E-state index in [1.807, 2.05) is 29.2 Å². The number of hydrogen-bond donors (Lipinski definition) is 3. The third-order valence-electron chi connectivity index (χ3n) is 4.00. The van der Waals surface area contributed by atoms with E-state index in [0.29, 0.717) is 11.7 Å². The predicted molar refractivity (Wildman–Crippen MR) is 88.7 cm³/mol. The van der Waals surface area contributed by atoms with Gasteiger partial charge in [0.25, 0.3) is 0 Å². The summed E-state index contributed by atoms with van der Waals surface area (Å²) in [6.45, 7) is 1.55. The first kappa shape index (κ1) is 13.7. The molecule has 0 aliphatic carbocycles. The molecule has 3 heterocycles. The summed E-state index contributed by atoms with van der Waals surface area (Å²) >= 11 is 0. The van der Waals surface area contributed by atoms with Crippen LogP contribution in [0, 0.1) is 5.41 Å². The highest BCUT2D eigenvalue weighted by Crippen LogP contribution is 2.31. The molecule has 0 spiro atoms. The van der Waals surface area contributed by atoms with E-state index < -0.39 is 0 Å². The Balaban J connectivity index is 1.77. The number of fused-ring (bicyclic) bond motifs is 1. The first-order valence-corrected chi connectivity index (χ1v) is 7.42. The van der Waals surface area contributed by atoms with Gasteiger partial charge in [-0.25, -0.2) is 0 Å². The maximum absolute atomic E-state index is 8.59. The van der Waals surface area contributed by atoms with Gasteiger partial charge in [0.15, 0.2) is 6.17 Å². The molecule has 0 bridgehead atoms. The van der Waals surface area contributed by atoms with E-state index in [9.17, 15) is 0 Å². The Morgan fingerprint density at radius 2 is 2.13 bits per heavy atom. The van der Waals surface area contributed by atoms with Crippen molar-refractivity contribution in [2.75, 3.05) is 30.4 Å². The zero-order valence-corrected chi connectivity index (χ0v) is 12.7. The van der Waals surface area contributed by atoms with E-state index in [1.165, 1.54) is 0 Å². The van der Waals surface area contributed by atoms with Gasteiger partial charge in [0.05, 0.1) is 25.5 Å². The molecule has 7 nitrogen and oxygen atoms in total. The van der Waals surface area contributed by atoms with E-state index in [2.05, 4.69) is 15.6 Å². The monoisotopic (exact) mass is 311 g/mol. The van der Waals surface area contributed by atoms with Gasteiger partial charge in [-0.3, -0.25) is 15.3 Å². The Labute approximate surface area is 133 Å². The molecule has 118 valence electrons. The summed E-state index contributed by atoms with van der Waals surface area (Å²) < 4.78 is 10.7. The summed E-state index contributed by atoms with van der Waals surface area (Å²) in [4.78, 5) is 6.40. The number of amidine groups is 2. The minimum absolute atomic E-state index is 0.294. The van der Waals surface area contributed by atoms with E-state index in [4.69, 9.17) is 14.6 Å². The van der Waals surface area contributed by atoms with Gasteiger partial charge in [0, 0.05) is 12.2 Å². The molecule has 2 aliphatic heterocycles. The zero-order valence-electron chi connectivity index (χ0n) is 12.7. The maximum Gasteiger partial charge on any atom is 0.205 e. The average molecular weight is 311 g/mol. The van der Waals surface area contributed by atoms with Gasteiger partial charge in [-0.1, -0.05) is 0 Å². The van der Waals surface area contributed by atoms with Gasteiger partial charge in [-0.05, 0) is 30.3 Å². The molecule has 23 heavy (non-hydrogen) atoms. The third kappa shape index (κ3) is 2.21. The summed E-state index contributed by atoms with van der Waals surface area (Å²) in [6, 6.07) is 9.43. The fraction of sp³-hybridized carbons (Fsp3) is 0.250. The lowest BCUT2D eigenvalue weighted by Crippen LogP contribution is -2.55. The minimum atomic E-state index is -0.294. The largest absolute Gasteiger partial charge is 0.497 e. The van der Waals surface area contributed by atoms with E-state index in [1.54, 1.807) is 19.4 Å². The molecule has 0 radical (unpaired) electrons. The summed E-state index contributed by atoms with van der Waals surface area (Å²) in [6.07, 6.45) is 1.29. The van der Waals surface area contributed by atoms with Crippen molar-refractivity contribution in [3.63, 3.8) is 0 Å². The first-order valence-electron chi connectivity index (χ1n) is 7.42. The van der Waals surface area contributed by atoms with Crippen LogP contribution in [-0.2, 0) is 0 Å². The van der Waals surface area contributed by atoms with Crippen molar-refractivity contribution in [2.45, 2.75) is 6.17 Å². The second-order valence-corrected chi connectivity index (χ2v) is 5.32. The SMILES string of the molecule is COc1ccc(N2C(=N)c3ccoc3NC2C2=NCCN2)cc1. The molecule has 7 heteroatoms. The number of methoxy groups -OCH3 is 1. The second-order valence-electron chi connectivity index (χ2n) is 5.32. The number of anilines is 2. The average Bonchev–Trinajstić information content (AvgIpc) is 3.26. The molecular weight excluding hydrogens is 294 g/mol. The van der Waals surface area contributed by atoms with Gasteiger partial charge in [0.2, 0.25) is 5.88 Å². The van der Waals surface area contributed by atoms with Crippen molar-refractivity contribution in [3.05, 3.63) is 42.2 Å². The van der Waals surface area contributed by atoms with Crippen LogP contribution in [0.5, 0.6) is 5.75 Å². The number of hydrogen-bond acceptors (Lipinski definition) is 6. The fourth-order valence-corrected chi connectivity index (χ4v) is 2.87. The number of rotatable bonds is 3. The van der Waals surface area contributed by atoms with Crippen molar-refractivity contribution >= 4 is 23.2 Å². The van der Waals surface area contributed by atoms with E-state index >= 15 is 0 Å². The minimum Gasteiger partial charge on any atom is -0.497 e. The van der Waals surface area contributed by atoms with E-state index in [-0.39, 0.29) is 6.17 Å². The molecule has 0 fully saturated rings.